The van der Waals surface area contributed by atoms with Gasteiger partial charge in [-0.1, -0.05) is 42.5 Å². The molecular weight excluding hydrogens is 401 g/mol. The van der Waals surface area contributed by atoms with E-state index in [1.54, 1.807) is 12.1 Å². The first kappa shape index (κ1) is 20.5. The summed E-state index contributed by atoms with van der Waals surface area (Å²) in [5.74, 6) is 0.103. The molecule has 32 heavy (non-hydrogen) atoms. The number of nitrogens with zero attached hydrogens (tertiary/aromatic N) is 1. The van der Waals surface area contributed by atoms with Crippen LogP contribution in [0.1, 0.15) is 41.5 Å². The van der Waals surface area contributed by atoms with Gasteiger partial charge in [0.1, 0.15) is 17.9 Å². The number of rotatable bonds is 4. The molecule has 0 spiro atoms. The topological polar surface area (TPSA) is 40.5 Å². The molecule has 3 aromatic carbocycles. The summed E-state index contributed by atoms with van der Waals surface area (Å²) in [5.41, 5.74) is 6.94. The molecule has 1 aliphatic carbocycles. The van der Waals surface area contributed by atoms with Gasteiger partial charge in [0.05, 0.1) is 5.69 Å². The molecule has 2 aliphatic rings. The van der Waals surface area contributed by atoms with Crippen molar-refractivity contribution in [2.75, 3.05) is 18.0 Å². The van der Waals surface area contributed by atoms with Crippen LogP contribution in [0.25, 0.3) is 11.1 Å². The van der Waals surface area contributed by atoms with E-state index in [9.17, 15) is 9.90 Å². The minimum absolute atomic E-state index is 0.0855. The predicted octanol–water partition coefficient (Wildman–Crippen LogP) is 5.85. The lowest BCUT2D eigenvalue weighted by Gasteiger charge is -2.32. The SMILES string of the molecule is O=CC1CCN(c2ccc(C3=C(c4ccccc4)CCc4cc(O)ccc43)cc2F)CC1. The van der Waals surface area contributed by atoms with Gasteiger partial charge in [-0.3, -0.25) is 0 Å². The molecular formula is C28H26FNO2. The quantitative estimate of drug-likeness (QED) is 0.531. The summed E-state index contributed by atoms with van der Waals surface area (Å²) in [4.78, 5) is 13.1. The maximum atomic E-state index is 15.4. The number of fused-ring (bicyclic) bond motifs is 1. The van der Waals surface area contributed by atoms with E-state index >= 15 is 4.39 Å². The second kappa shape index (κ2) is 8.62. The van der Waals surface area contributed by atoms with Crippen LogP contribution in [0.4, 0.5) is 10.1 Å². The number of phenolic OH excluding ortho intramolecular Hbond substituents is 1. The summed E-state index contributed by atoms with van der Waals surface area (Å²) in [6.07, 6.45) is 4.23. The molecule has 1 saturated heterocycles. The van der Waals surface area contributed by atoms with Gasteiger partial charge in [0.2, 0.25) is 0 Å². The summed E-state index contributed by atoms with van der Waals surface area (Å²) in [5, 5.41) is 9.99. The van der Waals surface area contributed by atoms with E-state index in [0.29, 0.717) is 18.8 Å². The van der Waals surface area contributed by atoms with Gasteiger partial charge in [0.25, 0.3) is 0 Å². The number of anilines is 1. The monoisotopic (exact) mass is 427 g/mol. The Labute approximate surface area is 187 Å². The summed E-state index contributed by atoms with van der Waals surface area (Å²) < 4.78 is 15.4. The molecule has 0 radical (unpaired) electrons. The molecule has 0 saturated carbocycles. The van der Waals surface area contributed by atoms with Crippen molar-refractivity contribution >= 4 is 23.1 Å². The summed E-state index contributed by atoms with van der Waals surface area (Å²) in [7, 11) is 0. The van der Waals surface area contributed by atoms with Gasteiger partial charge in [-0.15, -0.1) is 0 Å². The van der Waals surface area contributed by atoms with Crippen molar-refractivity contribution in [3.63, 3.8) is 0 Å². The Morgan fingerprint density at radius 1 is 0.906 bits per heavy atom. The van der Waals surface area contributed by atoms with Crippen molar-refractivity contribution < 1.29 is 14.3 Å². The molecule has 1 fully saturated rings. The summed E-state index contributed by atoms with van der Waals surface area (Å²) in [6, 6.07) is 21.2. The third-order valence-electron chi connectivity index (χ3n) is 6.74. The minimum atomic E-state index is -0.238. The van der Waals surface area contributed by atoms with Crippen LogP contribution in [0, 0.1) is 11.7 Å². The maximum Gasteiger partial charge on any atom is 0.147 e. The zero-order chi connectivity index (χ0) is 22.1. The normalized spacial score (nSPS) is 16.7. The van der Waals surface area contributed by atoms with Gasteiger partial charge < -0.3 is 14.8 Å². The second-order valence-corrected chi connectivity index (χ2v) is 8.69. The molecule has 1 aliphatic heterocycles. The molecule has 0 bridgehead atoms. The molecule has 0 atom stereocenters. The number of halogens is 1. The number of aromatic hydroxyl groups is 1. The number of carbonyl (C=O) groups is 1. The molecule has 5 rings (SSSR count). The molecule has 0 unspecified atom stereocenters. The third-order valence-corrected chi connectivity index (χ3v) is 6.74. The van der Waals surface area contributed by atoms with Gasteiger partial charge in [-0.05, 0) is 83.3 Å². The highest BCUT2D eigenvalue weighted by Crippen LogP contribution is 2.42. The molecule has 3 nitrogen and oxygen atoms in total. The first-order valence-electron chi connectivity index (χ1n) is 11.2. The lowest BCUT2D eigenvalue weighted by molar-refractivity contribution is -0.111. The lowest BCUT2D eigenvalue weighted by Crippen LogP contribution is -2.34. The van der Waals surface area contributed by atoms with E-state index in [1.807, 2.05) is 47.4 Å². The molecule has 1 heterocycles. The molecule has 3 aromatic rings. The number of benzene rings is 3. The van der Waals surface area contributed by atoms with Crippen LogP contribution in [0.3, 0.4) is 0 Å². The lowest BCUT2D eigenvalue weighted by atomic mass is 9.79. The van der Waals surface area contributed by atoms with Gasteiger partial charge in [-0.25, -0.2) is 4.39 Å². The van der Waals surface area contributed by atoms with Crippen molar-refractivity contribution in [1.29, 1.82) is 0 Å². The first-order valence-corrected chi connectivity index (χ1v) is 11.2. The van der Waals surface area contributed by atoms with E-state index in [1.165, 1.54) is 5.57 Å². The molecule has 4 heteroatoms. The Kier molecular flexibility index (Phi) is 5.52. The average Bonchev–Trinajstić information content (AvgIpc) is 2.84. The smallest absolute Gasteiger partial charge is 0.147 e. The maximum absolute atomic E-state index is 15.4. The summed E-state index contributed by atoms with van der Waals surface area (Å²) >= 11 is 0. The van der Waals surface area contributed by atoms with E-state index in [4.69, 9.17) is 0 Å². The Bertz CT molecular complexity index is 1180. The van der Waals surface area contributed by atoms with Crippen molar-refractivity contribution in [3.05, 3.63) is 94.8 Å². The third kappa shape index (κ3) is 3.81. The second-order valence-electron chi connectivity index (χ2n) is 8.69. The van der Waals surface area contributed by atoms with Crippen LogP contribution < -0.4 is 4.90 Å². The summed E-state index contributed by atoms with van der Waals surface area (Å²) in [6.45, 7) is 1.39. The molecule has 1 N–H and O–H groups in total. The van der Waals surface area contributed by atoms with Crippen LogP contribution in [0.5, 0.6) is 5.75 Å². The fraction of sp³-hybridized carbons (Fsp3) is 0.250. The number of aryl methyl sites for hydroxylation is 1. The van der Waals surface area contributed by atoms with Crippen molar-refractivity contribution in [2.24, 2.45) is 5.92 Å². The number of phenols is 1. The van der Waals surface area contributed by atoms with Crippen molar-refractivity contribution in [1.82, 2.24) is 0 Å². The first-order chi connectivity index (χ1) is 15.6. The van der Waals surface area contributed by atoms with E-state index in [0.717, 1.165) is 59.8 Å². The van der Waals surface area contributed by atoms with Crippen LogP contribution in [0.15, 0.2) is 66.7 Å². The number of hydrogen-bond donors (Lipinski definition) is 1. The minimum Gasteiger partial charge on any atom is -0.508 e. The fourth-order valence-corrected chi connectivity index (χ4v) is 5.03. The predicted molar refractivity (Wildman–Crippen MR) is 126 cm³/mol. The fourth-order valence-electron chi connectivity index (χ4n) is 5.03. The molecule has 0 aromatic heterocycles. The van der Waals surface area contributed by atoms with Crippen LogP contribution >= 0.6 is 0 Å². The van der Waals surface area contributed by atoms with Crippen LogP contribution in [-0.2, 0) is 11.2 Å². The number of carbonyl (C=O) groups excluding carboxylic acids is 1. The van der Waals surface area contributed by atoms with Gasteiger partial charge >= 0.3 is 0 Å². The highest BCUT2D eigenvalue weighted by molar-refractivity contribution is 6.01. The van der Waals surface area contributed by atoms with E-state index < -0.39 is 0 Å². The largest absolute Gasteiger partial charge is 0.508 e. The molecule has 162 valence electrons. The van der Waals surface area contributed by atoms with Crippen molar-refractivity contribution in [2.45, 2.75) is 25.7 Å². The standard InChI is InChI=1S/C28H26FNO2/c29-26-17-22(7-11-27(26)30-14-12-19(18-31)13-15-30)28-24(20-4-2-1-3-5-20)9-6-21-16-23(32)8-10-25(21)28/h1-5,7-8,10-11,16-19,32H,6,9,12-15H2. The van der Waals surface area contributed by atoms with E-state index in [-0.39, 0.29) is 17.5 Å². The van der Waals surface area contributed by atoms with Gasteiger partial charge in [0, 0.05) is 19.0 Å². The number of hydrogen-bond acceptors (Lipinski definition) is 3. The van der Waals surface area contributed by atoms with Gasteiger partial charge in [-0.2, -0.15) is 0 Å². The molecule has 0 amide bonds. The van der Waals surface area contributed by atoms with Crippen molar-refractivity contribution in [3.8, 4) is 5.75 Å². The Morgan fingerprint density at radius 2 is 1.69 bits per heavy atom. The van der Waals surface area contributed by atoms with Crippen LogP contribution in [-0.4, -0.2) is 24.5 Å². The Morgan fingerprint density at radius 3 is 2.41 bits per heavy atom. The van der Waals surface area contributed by atoms with E-state index in [2.05, 4.69) is 12.1 Å². The Balaban J connectivity index is 1.58. The number of allylic oxidation sites excluding steroid dienone is 1. The zero-order valence-corrected chi connectivity index (χ0v) is 17.9. The zero-order valence-electron chi connectivity index (χ0n) is 17.9. The highest BCUT2D eigenvalue weighted by Gasteiger charge is 2.24. The number of piperidine rings is 1. The van der Waals surface area contributed by atoms with Crippen LogP contribution in [0.2, 0.25) is 0 Å². The highest BCUT2D eigenvalue weighted by atomic mass is 19.1. The average molecular weight is 428 g/mol. The number of aldehydes is 1. The Hall–Kier alpha value is -3.40. The van der Waals surface area contributed by atoms with Gasteiger partial charge in [0.15, 0.2) is 0 Å².